The van der Waals surface area contributed by atoms with E-state index in [0.29, 0.717) is 27.2 Å². The summed E-state index contributed by atoms with van der Waals surface area (Å²) in [6, 6.07) is 19.3. The van der Waals surface area contributed by atoms with Gasteiger partial charge in [0.05, 0.1) is 12.6 Å². The highest BCUT2D eigenvalue weighted by Crippen LogP contribution is 2.42. The van der Waals surface area contributed by atoms with E-state index in [9.17, 15) is 19.5 Å². The van der Waals surface area contributed by atoms with Crippen LogP contribution in [0.25, 0.3) is 10.9 Å². The summed E-state index contributed by atoms with van der Waals surface area (Å²) in [7, 11) is 1.47. The number of nitrogens with zero attached hydrogens (tertiary/aromatic N) is 1. The summed E-state index contributed by atoms with van der Waals surface area (Å²) in [5.41, 5.74) is 4.88. The van der Waals surface area contributed by atoms with E-state index < -0.39 is 23.2 Å². The van der Waals surface area contributed by atoms with Gasteiger partial charge >= 0.3 is 5.97 Å². The average molecular weight is 477 g/mol. The largest absolute Gasteiger partial charge is 0.497 e. The smallest absolute Gasteiger partial charge is 0.328 e. The summed E-state index contributed by atoms with van der Waals surface area (Å²) in [4.78, 5) is 39.5. The van der Waals surface area contributed by atoms with E-state index in [1.54, 1.807) is 67.6 Å². The SMILES string of the molecule is COc1ccc2c(c1)c(C(C(N)=O)(C(=O)O)c1ccccc1)c(C)n2C(=O)c1ccc(Cl)cc1. The molecule has 0 saturated carbocycles. The van der Waals surface area contributed by atoms with Crippen molar-refractivity contribution in [3.63, 3.8) is 0 Å². The van der Waals surface area contributed by atoms with Gasteiger partial charge in [-0.15, -0.1) is 0 Å². The van der Waals surface area contributed by atoms with E-state index in [0.717, 1.165) is 0 Å². The second-order valence-electron chi connectivity index (χ2n) is 7.78. The molecule has 0 aliphatic rings. The van der Waals surface area contributed by atoms with E-state index in [2.05, 4.69) is 0 Å². The summed E-state index contributed by atoms with van der Waals surface area (Å²) >= 11 is 5.97. The Bertz CT molecular complexity index is 1410. The van der Waals surface area contributed by atoms with Crippen molar-refractivity contribution in [3.8, 4) is 5.75 Å². The molecule has 7 nitrogen and oxygen atoms in total. The van der Waals surface area contributed by atoms with Gasteiger partial charge in [-0.1, -0.05) is 41.9 Å². The minimum atomic E-state index is -2.25. The van der Waals surface area contributed by atoms with Crippen molar-refractivity contribution in [2.75, 3.05) is 7.11 Å². The molecule has 8 heteroatoms. The molecule has 1 heterocycles. The molecule has 1 aromatic heterocycles. The molecule has 1 atom stereocenters. The Balaban J connectivity index is 2.15. The highest BCUT2D eigenvalue weighted by Gasteiger charge is 2.51. The number of amides is 1. The number of carbonyl (C=O) groups excluding carboxylic acids is 2. The molecule has 4 aromatic rings. The number of carbonyl (C=O) groups is 3. The standard InChI is InChI=1S/C26H21ClN2O5/c1-15-22(26(24(28)31,25(32)33)17-6-4-3-5-7-17)20-14-19(34-2)12-13-21(20)29(15)23(30)16-8-10-18(27)11-9-16/h3-14H,1-2H3,(H2,28,31)(H,32,33). The number of methoxy groups -OCH3 is 1. The van der Waals surface area contributed by atoms with Crippen LogP contribution in [-0.2, 0) is 15.0 Å². The van der Waals surface area contributed by atoms with Gasteiger partial charge in [0.25, 0.3) is 5.91 Å². The molecule has 172 valence electrons. The molecule has 0 fully saturated rings. The van der Waals surface area contributed by atoms with E-state index in [1.807, 2.05) is 0 Å². The fourth-order valence-electron chi connectivity index (χ4n) is 4.42. The molecule has 0 spiro atoms. The van der Waals surface area contributed by atoms with Crippen LogP contribution >= 0.6 is 11.6 Å². The molecule has 1 amide bonds. The van der Waals surface area contributed by atoms with Gasteiger partial charge in [-0.2, -0.15) is 0 Å². The van der Waals surface area contributed by atoms with Crippen molar-refractivity contribution >= 4 is 40.3 Å². The number of hydrogen-bond acceptors (Lipinski definition) is 4. The third-order valence-corrected chi connectivity index (χ3v) is 6.23. The first-order chi connectivity index (χ1) is 16.2. The number of aromatic nitrogens is 1. The van der Waals surface area contributed by atoms with Crippen LogP contribution in [0.5, 0.6) is 5.75 Å². The van der Waals surface area contributed by atoms with Crippen LogP contribution in [0.3, 0.4) is 0 Å². The maximum atomic E-state index is 13.6. The zero-order valence-electron chi connectivity index (χ0n) is 18.4. The normalized spacial score (nSPS) is 12.8. The van der Waals surface area contributed by atoms with Gasteiger partial charge < -0.3 is 15.6 Å². The zero-order valence-corrected chi connectivity index (χ0v) is 19.2. The predicted octanol–water partition coefficient (Wildman–Crippen LogP) is 4.16. The Hall–Kier alpha value is -4.10. The molecular weight excluding hydrogens is 456 g/mol. The summed E-state index contributed by atoms with van der Waals surface area (Å²) in [5.74, 6) is -2.50. The molecule has 0 aliphatic heterocycles. The van der Waals surface area contributed by atoms with Crippen LogP contribution in [0.2, 0.25) is 5.02 Å². The van der Waals surface area contributed by atoms with Crippen molar-refractivity contribution in [2.45, 2.75) is 12.3 Å². The lowest BCUT2D eigenvalue weighted by molar-refractivity contribution is -0.146. The molecular formula is C26H21ClN2O5. The molecule has 0 aliphatic carbocycles. The molecule has 0 saturated heterocycles. The monoisotopic (exact) mass is 476 g/mol. The molecule has 1 unspecified atom stereocenters. The number of carboxylic acids is 1. The second-order valence-corrected chi connectivity index (χ2v) is 8.21. The topological polar surface area (TPSA) is 112 Å². The Kier molecular flexibility index (Phi) is 5.89. The van der Waals surface area contributed by atoms with Crippen LogP contribution in [0.1, 0.15) is 27.2 Å². The third-order valence-electron chi connectivity index (χ3n) is 5.98. The van der Waals surface area contributed by atoms with Crippen LogP contribution in [0.4, 0.5) is 0 Å². The Morgan fingerprint density at radius 3 is 2.21 bits per heavy atom. The maximum Gasteiger partial charge on any atom is 0.328 e. The van der Waals surface area contributed by atoms with Gasteiger partial charge in [-0.05, 0) is 55.0 Å². The van der Waals surface area contributed by atoms with Crippen LogP contribution in [-0.4, -0.2) is 34.6 Å². The molecule has 3 N–H and O–H groups in total. The number of ether oxygens (including phenoxy) is 1. The summed E-state index contributed by atoms with van der Waals surface area (Å²) in [6.07, 6.45) is 0. The maximum absolute atomic E-state index is 13.6. The van der Waals surface area contributed by atoms with Crippen LogP contribution in [0, 0.1) is 6.92 Å². The summed E-state index contributed by atoms with van der Waals surface area (Å²) < 4.78 is 6.74. The fourth-order valence-corrected chi connectivity index (χ4v) is 4.54. The van der Waals surface area contributed by atoms with Gasteiger partial charge in [0.1, 0.15) is 5.75 Å². The predicted molar refractivity (Wildman–Crippen MR) is 128 cm³/mol. The van der Waals surface area contributed by atoms with Crippen molar-refractivity contribution < 1.29 is 24.2 Å². The van der Waals surface area contributed by atoms with Crippen LogP contribution < -0.4 is 10.5 Å². The van der Waals surface area contributed by atoms with E-state index in [1.165, 1.54) is 23.8 Å². The number of rotatable bonds is 6. The van der Waals surface area contributed by atoms with E-state index in [4.69, 9.17) is 22.1 Å². The Morgan fingerprint density at radius 1 is 1.00 bits per heavy atom. The molecule has 4 rings (SSSR count). The van der Waals surface area contributed by atoms with Gasteiger partial charge in [-0.25, -0.2) is 0 Å². The highest BCUT2D eigenvalue weighted by molar-refractivity contribution is 6.30. The first kappa shape index (κ1) is 23.1. The van der Waals surface area contributed by atoms with Crippen molar-refractivity contribution in [2.24, 2.45) is 5.73 Å². The van der Waals surface area contributed by atoms with Gasteiger partial charge in [0, 0.05) is 27.2 Å². The van der Waals surface area contributed by atoms with Crippen molar-refractivity contribution in [1.82, 2.24) is 4.57 Å². The van der Waals surface area contributed by atoms with Gasteiger partial charge in [-0.3, -0.25) is 19.0 Å². The lowest BCUT2D eigenvalue weighted by atomic mass is 9.72. The fraction of sp³-hybridized carbons (Fsp3) is 0.115. The first-order valence-electron chi connectivity index (χ1n) is 10.3. The Labute approximate surface area is 200 Å². The van der Waals surface area contributed by atoms with E-state index >= 15 is 0 Å². The Morgan fingerprint density at radius 2 is 1.65 bits per heavy atom. The highest BCUT2D eigenvalue weighted by atomic mass is 35.5. The summed E-state index contributed by atoms with van der Waals surface area (Å²) in [5, 5.41) is 11.3. The first-order valence-corrected chi connectivity index (χ1v) is 10.7. The molecule has 34 heavy (non-hydrogen) atoms. The van der Waals surface area contributed by atoms with Gasteiger partial charge in [0.2, 0.25) is 5.91 Å². The van der Waals surface area contributed by atoms with Crippen molar-refractivity contribution in [3.05, 3.63) is 100 Å². The van der Waals surface area contributed by atoms with Crippen LogP contribution in [0.15, 0.2) is 72.8 Å². The minimum Gasteiger partial charge on any atom is -0.497 e. The number of halogens is 1. The number of nitrogens with two attached hydrogens (primary N) is 1. The molecule has 3 aromatic carbocycles. The third kappa shape index (κ3) is 3.41. The number of fused-ring (bicyclic) bond motifs is 1. The zero-order chi connectivity index (χ0) is 24.6. The number of carboxylic acid groups (broad SMARTS) is 1. The lowest BCUT2D eigenvalue weighted by Crippen LogP contribution is -2.49. The lowest BCUT2D eigenvalue weighted by Gasteiger charge is -2.28. The average Bonchev–Trinajstić information content (AvgIpc) is 3.11. The number of aliphatic carboxylic acids is 1. The summed E-state index contributed by atoms with van der Waals surface area (Å²) in [6.45, 7) is 1.60. The molecule has 0 bridgehead atoms. The van der Waals surface area contributed by atoms with Gasteiger partial charge in [0.15, 0.2) is 5.41 Å². The second kappa shape index (κ2) is 8.68. The number of benzene rings is 3. The minimum absolute atomic E-state index is 0.106. The van der Waals surface area contributed by atoms with E-state index in [-0.39, 0.29) is 16.8 Å². The molecule has 0 radical (unpaired) electrons. The van der Waals surface area contributed by atoms with Crippen molar-refractivity contribution in [1.29, 1.82) is 0 Å². The number of primary amides is 1. The number of hydrogen-bond donors (Lipinski definition) is 2. The quantitative estimate of drug-likeness (QED) is 0.406.